The van der Waals surface area contributed by atoms with E-state index in [1.807, 2.05) is 0 Å². The lowest BCUT2D eigenvalue weighted by atomic mass is 10.3. The number of nitrogens with zero attached hydrogens (tertiary/aromatic N) is 1. The average molecular weight is 313 g/mol. The number of hydrogen-bond acceptors (Lipinski definition) is 3. The summed E-state index contributed by atoms with van der Waals surface area (Å²) in [5.74, 6) is -1.02. The van der Waals surface area contributed by atoms with E-state index in [4.69, 9.17) is 0 Å². The van der Waals surface area contributed by atoms with E-state index in [-0.39, 0.29) is 12.2 Å². The quantitative estimate of drug-likeness (QED) is 0.718. The molecule has 0 bridgehead atoms. The number of benzene rings is 2. The second-order valence-corrected chi connectivity index (χ2v) is 4.92. The van der Waals surface area contributed by atoms with Crippen LogP contribution in [-0.2, 0) is 11.3 Å². The molecule has 1 amide bonds. The lowest BCUT2D eigenvalue weighted by Crippen LogP contribution is -2.38. The Morgan fingerprint density at radius 3 is 2.70 bits per heavy atom. The number of rotatable bonds is 3. The fraction of sp³-hybridized carbons (Fsp3) is 0.0625. The van der Waals surface area contributed by atoms with Gasteiger partial charge < -0.3 is 10.3 Å². The maximum atomic E-state index is 13.1. The van der Waals surface area contributed by atoms with Gasteiger partial charge in [-0.05, 0) is 30.3 Å². The van der Waals surface area contributed by atoms with Crippen molar-refractivity contribution in [2.45, 2.75) is 6.54 Å². The van der Waals surface area contributed by atoms with Crippen LogP contribution in [-0.4, -0.2) is 15.5 Å². The van der Waals surface area contributed by atoms with Crippen LogP contribution in [0.2, 0.25) is 0 Å². The van der Waals surface area contributed by atoms with Crippen molar-refractivity contribution >= 4 is 22.6 Å². The number of nitrogens with one attached hydrogen (secondary N) is 2. The minimum absolute atomic E-state index is 0.275. The zero-order valence-corrected chi connectivity index (χ0v) is 11.9. The molecule has 0 spiro atoms. The number of halogens is 1. The van der Waals surface area contributed by atoms with Gasteiger partial charge in [0.05, 0.1) is 11.0 Å². The highest BCUT2D eigenvalue weighted by molar-refractivity contribution is 5.91. The molecule has 7 heteroatoms. The Labute approximate surface area is 129 Å². The van der Waals surface area contributed by atoms with Gasteiger partial charge in [-0.15, -0.1) is 0 Å². The maximum absolute atomic E-state index is 13.1. The van der Waals surface area contributed by atoms with Crippen LogP contribution in [0.4, 0.5) is 10.1 Å². The van der Waals surface area contributed by atoms with Gasteiger partial charge in [0.25, 0.3) is 0 Å². The highest BCUT2D eigenvalue weighted by Gasteiger charge is 2.11. The summed E-state index contributed by atoms with van der Waals surface area (Å²) >= 11 is 0. The van der Waals surface area contributed by atoms with Crippen LogP contribution in [0.5, 0.6) is 0 Å². The Kier molecular flexibility index (Phi) is 3.76. The van der Waals surface area contributed by atoms with Crippen molar-refractivity contribution in [2.75, 3.05) is 5.32 Å². The molecular weight excluding hydrogens is 301 g/mol. The first kappa shape index (κ1) is 14.7. The van der Waals surface area contributed by atoms with E-state index in [0.717, 1.165) is 10.6 Å². The second kappa shape index (κ2) is 5.88. The van der Waals surface area contributed by atoms with Crippen molar-refractivity contribution in [3.63, 3.8) is 0 Å². The van der Waals surface area contributed by atoms with E-state index in [9.17, 15) is 18.8 Å². The highest BCUT2D eigenvalue weighted by atomic mass is 19.1. The van der Waals surface area contributed by atoms with Gasteiger partial charge in [-0.2, -0.15) is 0 Å². The predicted molar refractivity (Wildman–Crippen MR) is 83.9 cm³/mol. The van der Waals surface area contributed by atoms with Crippen LogP contribution in [0.25, 0.3) is 11.0 Å². The normalized spacial score (nSPS) is 10.7. The van der Waals surface area contributed by atoms with Gasteiger partial charge in [0.2, 0.25) is 5.91 Å². The summed E-state index contributed by atoms with van der Waals surface area (Å²) < 4.78 is 14.2. The Morgan fingerprint density at radius 2 is 1.91 bits per heavy atom. The third-order valence-electron chi connectivity index (χ3n) is 3.29. The summed E-state index contributed by atoms with van der Waals surface area (Å²) in [6.07, 6.45) is 0. The van der Waals surface area contributed by atoms with Gasteiger partial charge in [0.1, 0.15) is 12.4 Å². The monoisotopic (exact) mass is 313 g/mol. The van der Waals surface area contributed by atoms with Gasteiger partial charge in [-0.25, -0.2) is 4.39 Å². The topological polar surface area (TPSA) is 84.0 Å². The van der Waals surface area contributed by atoms with E-state index in [2.05, 4.69) is 10.3 Å². The highest BCUT2D eigenvalue weighted by Crippen LogP contribution is 2.10. The summed E-state index contributed by atoms with van der Waals surface area (Å²) in [4.78, 5) is 38.2. The third kappa shape index (κ3) is 3.03. The average Bonchev–Trinajstić information content (AvgIpc) is 2.52. The van der Waals surface area contributed by atoms with E-state index < -0.39 is 22.8 Å². The van der Waals surface area contributed by atoms with E-state index >= 15 is 0 Å². The lowest BCUT2D eigenvalue weighted by Gasteiger charge is -2.10. The molecule has 0 unspecified atom stereocenters. The lowest BCUT2D eigenvalue weighted by molar-refractivity contribution is -0.116. The Balaban J connectivity index is 1.95. The van der Waals surface area contributed by atoms with Crippen LogP contribution in [0.15, 0.2) is 58.1 Å². The van der Waals surface area contributed by atoms with Crippen LogP contribution in [0.1, 0.15) is 0 Å². The summed E-state index contributed by atoms with van der Waals surface area (Å²) in [6, 6.07) is 12.1. The van der Waals surface area contributed by atoms with Crippen LogP contribution < -0.4 is 16.4 Å². The molecule has 23 heavy (non-hydrogen) atoms. The number of amides is 1. The first-order valence-electron chi connectivity index (χ1n) is 6.82. The van der Waals surface area contributed by atoms with Gasteiger partial charge in [0.15, 0.2) is 0 Å². The van der Waals surface area contributed by atoms with Crippen molar-refractivity contribution in [2.24, 2.45) is 0 Å². The first-order valence-corrected chi connectivity index (χ1v) is 6.82. The molecule has 2 N–H and O–H groups in total. The number of carbonyl (C=O) groups is 1. The number of aromatic amines is 1. The summed E-state index contributed by atoms with van der Waals surface area (Å²) in [5.41, 5.74) is -0.459. The summed E-state index contributed by atoms with van der Waals surface area (Å²) in [7, 11) is 0. The molecule has 0 fully saturated rings. The molecule has 116 valence electrons. The summed E-state index contributed by atoms with van der Waals surface area (Å²) in [5, 5.41) is 2.49. The molecule has 6 nitrogen and oxygen atoms in total. The number of aromatic nitrogens is 2. The standard InChI is InChI=1S/C16H12FN3O3/c17-10-4-3-5-11(8-10)18-14(21)9-20-13-7-2-1-6-12(13)19-15(22)16(20)23/h1-8H,9H2,(H,18,21)(H,19,22). The van der Waals surface area contributed by atoms with E-state index in [0.29, 0.717) is 11.0 Å². The fourth-order valence-corrected chi connectivity index (χ4v) is 2.29. The molecule has 0 saturated carbocycles. The molecular formula is C16H12FN3O3. The molecule has 1 heterocycles. The second-order valence-electron chi connectivity index (χ2n) is 4.92. The van der Waals surface area contributed by atoms with Crippen LogP contribution in [0, 0.1) is 5.82 Å². The number of para-hydroxylation sites is 2. The maximum Gasteiger partial charge on any atom is 0.317 e. The number of H-pyrrole nitrogens is 1. The molecule has 0 aliphatic carbocycles. The van der Waals surface area contributed by atoms with Crippen molar-refractivity contribution in [1.29, 1.82) is 0 Å². The number of hydrogen-bond donors (Lipinski definition) is 2. The van der Waals surface area contributed by atoms with Crippen molar-refractivity contribution in [1.82, 2.24) is 9.55 Å². The number of carbonyl (C=O) groups excluding carboxylic acids is 1. The van der Waals surface area contributed by atoms with E-state index in [1.165, 1.54) is 18.2 Å². The van der Waals surface area contributed by atoms with Crippen molar-refractivity contribution in [3.05, 3.63) is 75.1 Å². The van der Waals surface area contributed by atoms with Gasteiger partial charge in [-0.1, -0.05) is 18.2 Å². The summed E-state index contributed by atoms with van der Waals surface area (Å²) in [6.45, 7) is -0.347. The molecule has 1 aromatic heterocycles. The molecule has 0 atom stereocenters. The fourth-order valence-electron chi connectivity index (χ4n) is 2.29. The van der Waals surface area contributed by atoms with Crippen molar-refractivity contribution in [3.8, 4) is 0 Å². The van der Waals surface area contributed by atoms with E-state index in [1.54, 1.807) is 24.3 Å². The molecule has 0 saturated heterocycles. The number of anilines is 1. The molecule has 0 aliphatic rings. The Morgan fingerprint density at radius 1 is 1.13 bits per heavy atom. The largest absolute Gasteiger partial charge is 0.324 e. The van der Waals surface area contributed by atoms with Crippen LogP contribution in [0.3, 0.4) is 0 Å². The molecule has 0 radical (unpaired) electrons. The SMILES string of the molecule is O=C(Cn1c(=O)c(=O)[nH]c2ccccc21)Nc1cccc(F)c1. The minimum atomic E-state index is -0.821. The van der Waals surface area contributed by atoms with Gasteiger partial charge in [0, 0.05) is 5.69 Å². The first-order chi connectivity index (χ1) is 11.0. The predicted octanol–water partition coefficient (Wildman–Crippen LogP) is 1.47. The number of fused-ring (bicyclic) bond motifs is 1. The Hall–Kier alpha value is -3.22. The molecule has 2 aromatic carbocycles. The zero-order chi connectivity index (χ0) is 16.4. The smallest absolute Gasteiger partial charge is 0.317 e. The van der Waals surface area contributed by atoms with Crippen LogP contribution >= 0.6 is 0 Å². The Bertz CT molecular complexity index is 1010. The molecule has 3 aromatic rings. The molecule has 3 rings (SSSR count). The van der Waals surface area contributed by atoms with Crippen molar-refractivity contribution < 1.29 is 9.18 Å². The zero-order valence-electron chi connectivity index (χ0n) is 11.9. The van der Waals surface area contributed by atoms with Gasteiger partial charge >= 0.3 is 11.1 Å². The minimum Gasteiger partial charge on any atom is -0.324 e. The van der Waals surface area contributed by atoms with Gasteiger partial charge in [-0.3, -0.25) is 19.0 Å². The third-order valence-corrected chi connectivity index (χ3v) is 3.29. The molecule has 0 aliphatic heterocycles.